The summed E-state index contributed by atoms with van der Waals surface area (Å²) in [5.74, 6) is 0.0937. The van der Waals surface area contributed by atoms with E-state index in [1.54, 1.807) is 18.7 Å². The summed E-state index contributed by atoms with van der Waals surface area (Å²) in [6.45, 7) is 1.74. The molecule has 0 radical (unpaired) electrons. The molecule has 1 saturated heterocycles. The summed E-state index contributed by atoms with van der Waals surface area (Å²) in [6, 6.07) is -0.768. The molecule has 3 rings (SSSR count). The predicted molar refractivity (Wildman–Crippen MR) is 105 cm³/mol. The van der Waals surface area contributed by atoms with Gasteiger partial charge in [0.15, 0.2) is 17.6 Å². The van der Waals surface area contributed by atoms with Gasteiger partial charge < -0.3 is 25.4 Å². The zero-order chi connectivity index (χ0) is 20.5. The average Bonchev–Trinajstić information content (AvgIpc) is 3.14. The first-order chi connectivity index (χ1) is 13.3. The molecule has 1 fully saturated rings. The van der Waals surface area contributed by atoms with Crippen molar-refractivity contribution >= 4 is 42.1 Å². The Bertz CT molecular complexity index is 730. The molecule has 11 nitrogen and oxygen atoms in total. The zero-order valence-electron chi connectivity index (χ0n) is 15.5. The van der Waals surface area contributed by atoms with E-state index in [-0.39, 0.29) is 12.4 Å². The van der Waals surface area contributed by atoms with Crippen LogP contribution in [0.3, 0.4) is 0 Å². The largest absolute Gasteiger partial charge is 0.480 e. The Balaban J connectivity index is 1.67. The van der Waals surface area contributed by atoms with Crippen LogP contribution < -0.4 is 5.32 Å². The molecule has 3 aliphatic heterocycles. The van der Waals surface area contributed by atoms with Gasteiger partial charge in [-0.2, -0.15) is 11.8 Å². The second-order valence-electron chi connectivity index (χ2n) is 6.90. The first-order valence-corrected chi connectivity index (χ1v) is 10.2. The van der Waals surface area contributed by atoms with Crippen LogP contribution in [0.2, 0.25) is 0 Å². The van der Waals surface area contributed by atoms with Gasteiger partial charge in [0.2, 0.25) is 0 Å². The molecule has 0 aromatic rings. The maximum atomic E-state index is 11.4. The van der Waals surface area contributed by atoms with Crippen LogP contribution in [0.5, 0.6) is 0 Å². The van der Waals surface area contributed by atoms with Crippen LogP contribution in [-0.4, -0.2) is 105 Å². The molecular weight excluding hydrogens is 388 g/mol. The van der Waals surface area contributed by atoms with Crippen LogP contribution >= 0.6 is 11.8 Å². The van der Waals surface area contributed by atoms with E-state index in [0.717, 1.165) is 0 Å². The minimum absolute atomic E-state index is 0.0144. The van der Waals surface area contributed by atoms with Gasteiger partial charge in [-0.3, -0.25) is 20.1 Å². The second-order valence-corrected chi connectivity index (χ2v) is 7.88. The fourth-order valence-electron chi connectivity index (χ4n) is 3.29. The molecule has 0 bridgehead atoms. The van der Waals surface area contributed by atoms with Gasteiger partial charge in [0.05, 0.1) is 6.34 Å². The quantitative estimate of drug-likeness (QED) is 0.330. The van der Waals surface area contributed by atoms with Crippen LogP contribution in [0.25, 0.3) is 0 Å². The van der Waals surface area contributed by atoms with Crippen molar-refractivity contribution in [3.63, 3.8) is 0 Å². The fourth-order valence-corrected chi connectivity index (χ4v) is 3.76. The van der Waals surface area contributed by atoms with Gasteiger partial charge in [-0.1, -0.05) is 0 Å². The Morgan fingerprint density at radius 1 is 1.50 bits per heavy atom. The van der Waals surface area contributed by atoms with E-state index in [1.807, 2.05) is 6.26 Å². The molecular formula is C16H24N6O5S. The lowest BCUT2D eigenvalue weighted by Crippen LogP contribution is -2.52. The van der Waals surface area contributed by atoms with Gasteiger partial charge in [0.25, 0.3) is 0 Å². The number of ether oxygens (including phenoxy) is 1. The monoisotopic (exact) mass is 412 g/mol. The Kier molecular flexibility index (Phi) is 6.15. The Hall–Kier alpha value is -1.86. The van der Waals surface area contributed by atoms with Crippen molar-refractivity contribution in [3.8, 4) is 0 Å². The van der Waals surface area contributed by atoms with Crippen molar-refractivity contribution in [2.24, 2.45) is 15.0 Å². The van der Waals surface area contributed by atoms with Crippen molar-refractivity contribution in [2.75, 3.05) is 18.6 Å². The number of aliphatic hydroxyl groups excluding tert-OH is 2. The summed E-state index contributed by atoms with van der Waals surface area (Å²) in [4.78, 5) is 25.1. The fraction of sp³-hybridized carbons (Fsp3) is 0.688. The van der Waals surface area contributed by atoms with Gasteiger partial charge in [0, 0.05) is 6.54 Å². The van der Waals surface area contributed by atoms with E-state index >= 15 is 0 Å². The van der Waals surface area contributed by atoms with Crippen molar-refractivity contribution < 1.29 is 24.9 Å². The van der Waals surface area contributed by atoms with Crippen molar-refractivity contribution in [1.82, 2.24) is 10.2 Å². The molecule has 154 valence electrons. The molecule has 0 spiro atoms. The SMILES string of the molecule is CSCCC(NC[C@H]1O[C@@H](N2C=NC3(C)C(=N)N=CN=C23)[C@H](O)[C@@H]1O)C(=O)O. The van der Waals surface area contributed by atoms with Crippen molar-refractivity contribution in [1.29, 1.82) is 5.41 Å². The second kappa shape index (κ2) is 8.25. The molecule has 3 aliphatic rings. The summed E-state index contributed by atoms with van der Waals surface area (Å²) in [5, 5.41) is 41.0. The third-order valence-corrected chi connectivity index (χ3v) is 5.68. The highest BCUT2D eigenvalue weighted by Gasteiger charge is 2.52. The number of hydrogen-bond donors (Lipinski definition) is 5. The van der Waals surface area contributed by atoms with Gasteiger partial charge in [-0.05, 0) is 25.4 Å². The smallest absolute Gasteiger partial charge is 0.320 e. The molecule has 2 unspecified atom stereocenters. The molecule has 12 heteroatoms. The highest BCUT2D eigenvalue weighted by atomic mass is 32.2. The minimum Gasteiger partial charge on any atom is -0.480 e. The number of carboxylic acid groups (broad SMARTS) is 1. The van der Waals surface area contributed by atoms with Crippen LogP contribution in [-0.2, 0) is 9.53 Å². The van der Waals surface area contributed by atoms with Gasteiger partial charge in [-0.15, -0.1) is 0 Å². The summed E-state index contributed by atoms with van der Waals surface area (Å²) in [6.07, 6.45) is 0.733. The standard InChI is InChI=1S/C16H24N6O5S/c1-16-14(17)19-6-20-15(16)22(7-21-16)12-11(24)10(23)9(27-12)5-18-8(13(25)26)3-4-28-2/h6-12,17-18,23-24H,3-5H2,1-2H3,(H,25,26)/t8?,9-,10-,11-,12-,16?/m1/s1. The number of amidine groups is 2. The lowest BCUT2D eigenvalue weighted by atomic mass is 9.99. The predicted octanol–water partition coefficient (Wildman–Crippen LogP) is -1.25. The van der Waals surface area contributed by atoms with E-state index in [9.17, 15) is 20.1 Å². The molecule has 0 amide bonds. The minimum atomic E-state index is -1.26. The van der Waals surface area contributed by atoms with E-state index in [0.29, 0.717) is 18.0 Å². The van der Waals surface area contributed by atoms with Crippen LogP contribution in [0.1, 0.15) is 13.3 Å². The molecule has 6 atom stereocenters. The van der Waals surface area contributed by atoms with E-state index in [2.05, 4.69) is 20.3 Å². The molecule has 5 N–H and O–H groups in total. The highest BCUT2D eigenvalue weighted by molar-refractivity contribution is 7.98. The molecule has 0 aliphatic carbocycles. The topological polar surface area (TPSA) is 163 Å². The molecule has 0 aromatic heterocycles. The van der Waals surface area contributed by atoms with Gasteiger partial charge in [0.1, 0.15) is 36.5 Å². The zero-order valence-corrected chi connectivity index (χ0v) is 16.3. The number of rotatable bonds is 8. The summed E-state index contributed by atoms with van der Waals surface area (Å²) >= 11 is 1.55. The molecule has 28 heavy (non-hydrogen) atoms. The number of hydrogen-bond acceptors (Lipinski definition) is 10. The van der Waals surface area contributed by atoms with E-state index in [4.69, 9.17) is 10.1 Å². The first-order valence-electron chi connectivity index (χ1n) is 8.80. The third kappa shape index (κ3) is 3.70. The van der Waals surface area contributed by atoms with Crippen LogP contribution in [0.4, 0.5) is 0 Å². The number of aliphatic hydroxyl groups is 2. The molecule has 0 saturated carbocycles. The number of thioether (sulfide) groups is 1. The maximum absolute atomic E-state index is 11.4. The van der Waals surface area contributed by atoms with Gasteiger partial charge in [-0.25, -0.2) is 9.98 Å². The van der Waals surface area contributed by atoms with Crippen LogP contribution in [0.15, 0.2) is 15.0 Å². The summed E-state index contributed by atoms with van der Waals surface area (Å²) in [5.41, 5.74) is -1.06. The Labute approximate surface area is 166 Å². The normalized spacial score (nSPS) is 35.2. The average molecular weight is 412 g/mol. The first kappa shape index (κ1) is 20.9. The Morgan fingerprint density at radius 3 is 2.93 bits per heavy atom. The number of aliphatic carboxylic acids is 1. The van der Waals surface area contributed by atoms with Gasteiger partial charge >= 0.3 is 5.97 Å². The third-order valence-electron chi connectivity index (χ3n) is 5.03. The number of aliphatic imine (C=N–C) groups is 3. The lowest BCUT2D eigenvalue weighted by molar-refractivity contribution is -0.139. The summed E-state index contributed by atoms with van der Waals surface area (Å²) in [7, 11) is 0. The number of nitrogens with one attached hydrogen (secondary N) is 2. The number of fused-ring (bicyclic) bond motifs is 1. The van der Waals surface area contributed by atoms with E-state index < -0.39 is 42.1 Å². The summed E-state index contributed by atoms with van der Waals surface area (Å²) < 4.78 is 5.81. The van der Waals surface area contributed by atoms with E-state index in [1.165, 1.54) is 17.6 Å². The van der Waals surface area contributed by atoms with Crippen LogP contribution in [0, 0.1) is 5.41 Å². The number of carboxylic acids is 1. The number of nitrogens with zero attached hydrogens (tertiary/aromatic N) is 4. The lowest BCUT2D eigenvalue weighted by Gasteiger charge is -2.31. The van der Waals surface area contributed by atoms with Crippen molar-refractivity contribution in [3.05, 3.63) is 0 Å². The van der Waals surface area contributed by atoms with Crippen molar-refractivity contribution in [2.45, 2.75) is 49.5 Å². The Morgan fingerprint density at radius 2 is 2.25 bits per heavy atom. The molecule has 0 aromatic carbocycles. The highest BCUT2D eigenvalue weighted by Crippen LogP contribution is 2.31. The number of carbonyl (C=O) groups is 1. The maximum Gasteiger partial charge on any atom is 0.320 e. The molecule has 3 heterocycles.